The van der Waals surface area contributed by atoms with Gasteiger partial charge in [-0.2, -0.15) is 0 Å². The number of benzene rings is 1. The van der Waals surface area contributed by atoms with Gasteiger partial charge >= 0.3 is 5.97 Å². The van der Waals surface area contributed by atoms with E-state index in [-0.39, 0.29) is 5.56 Å². The normalized spacial score (nSPS) is 12.6. The fraction of sp³-hybridized carbons (Fsp3) is 0.462. The van der Waals surface area contributed by atoms with E-state index < -0.39 is 16.8 Å². The van der Waals surface area contributed by atoms with E-state index in [9.17, 15) is 9.00 Å². The van der Waals surface area contributed by atoms with Crippen LogP contribution in [0.2, 0.25) is 0 Å². The molecule has 18 heavy (non-hydrogen) atoms. The number of hydrogen-bond donors (Lipinski definition) is 1. The highest BCUT2D eigenvalue weighted by molar-refractivity contribution is 7.85. The van der Waals surface area contributed by atoms with Crippen LogP contribution in [-0.2, 0) is 10.8 Å². The van der Waals surface area contributed by atoms with E-state index in [1.165, 1.54) is 12.1 Å². The summed E-state index contributed by atoms with van der Waals surface area (Å²) in [6.45, 7) is 6.76. The molecule has 0 aliphatic heterocycles. The Morgan fingerprint density at radius 1 is 1.33 bits per heavy atom. The average molecular weight is 269 g/mol. The monoisotopic (exact) mass is 269 g/mol. The number of rotatable bonds is 7. The summed E-state index contributed by atoms with van der Waals surface area (Å²) in [4.78, 5) is 13.6. The summed E-state index contributed by atoms with van der Waals surface area (Å²) < 4.78 is 12.0. The Balaban J connectivity index is 2.67. The first kappa shape index (κ1) is 14.9. The Hall–Kier alpha value is -1.20. The molecule has 0 radical (unpaired) electrons. The summed E-state index contributed by atoms with van der Waals surface area (Å²) in [6.07, 6.45) is 0. The molecule has 5 heteroatoms. The average Bonchev–Trinajstić information content (AvgIpc) is 2.39. The third kappa shape index (κ3) is 4.23. The third-order valence-corrected chi connectivity index (χ3v) is 4.16. The van der Waals surface area contributed by atoms with Gasteiger partial charge in [-0.05, 0) is 31.3 Å². The largest absolute Gasteiger partial charge is 0.478 e. The van der Waals surface area contributed by atoms with E-state index in [0.717, 1.165) is 19.6 Å². The summed E-state index contributed by atoms with van der Waals surface area (Å²) >= 11 is 0. The molecule has 0 saturated heterocycles. The van der Waals surface area contributed by atoms with Crippen LogP contribution in [0.25, 0.3) is 0 Å². The Morgan fingerprint density at radius 2 is 2.00 bits per heavy atom. The van der Waals surface area contributed by atoms with Gasteiger partial charge in [0.25, 0.3) is 0 Å². The third-order valence-electron chi connectivity index (χ3n) is 2.83. The van der Waals surface area contributed by atoms with E-state index in [1.54, 1.807) is 12.1 Å². The fourth-order valence-electron chi connectivity index (χ4n) is 1.64. The Kier molecular flexibility index (Phi) is 6.01. The van der Waals surface area contributed by atoms with Crippen LogP contribution in [0, 0.1) is 0 Å². The molecule has 0 saturated carbocycles. The number of carboxylic acid groups (broad SMARTS) is 1. The van der Waals surface area contributed by atoms with Gasteiger partial charge in [-0.3, -0.25) is 4.21 Å². The SMILES string of the molecule is CCN(CC)CCS(=O)c1cccc(C(=O)O)c1. The van der Waals surface area contributed by atoms with E-state index in [1.807, 2.05) is 0 Å². The van der Waals surface area contributed by atoms with Gasteiger partial charge in [0.2, 0.25) is 0 Å². The van der Waals surface area contributed by atoms with Crippen molar-refractivity contribution in [3.63, 3.8) is 0 Å². The second-order valence-corrected chi connectivity index (χ2v) is 5.48. The van der Waals surface area contributed by atoms with Crippen molar-refractivity contribution in [3.8, 4) is 0 Å². The van der Waals surface area contributed by atoms with Crippen LogP contribution in [-0.4, -0.2) is 45.6 Å². The molecule has 1 aromatic carbocycles. The summed E-state index contributed by atoms with van der Waals surface area (Å²) in [5.74, 6) is -0.456. The van der Waals surface area contributed by atoms with Gasteiger partial charge in [-0.15, -0.1) is 0 Å². The number of hydrogen-bond acceptors (Lipinski definition) is 3. The van der Waals surface area contributed by atoms with Crippen LogP contribution in [0.5, 0.6) is 0 Å². The fourth-order valence-corrected chi connectivity index (χ4v) is 2.79. The van der Waals surface area contributed by atoms with Gasteiger partial charge in [-0.25, -0.2) is 4.79 Å². The van der Waals surface area contributed by atoms with Crippen molar-refractivity contribution >= 4 is 16.8 Å². The first-order valence-corrected chi connectivity index (χ1v) is 7.34. The van der Waals surface area contributed by atoms with Gasteiger partial charge in [0.1, 0.15) is 0 Å². The molecule has 0 aromatic heterocycles. The lowest BCUT2D eigenvalue weighted by molar-refractivity contribution is 0.0696. The van der Waals surface area contributed by atoms with Crippen LogP contribution in [0.4, 0.5) is 0 Å². The van der Waals surface area contributed by atoms with Crippen molar-refractivity contribution in [2.45, 2.75) is 18.7 Å². The molecule has 0 aliphatic rings. The maximum absolute atomic E-state index is 12.0. The quantitative estimate of drug-likeness (QED) is 0.820. The molecule has 0 spiro atoms. The minimum absolute atomic E-state index is 0.184. The van der Waals surface area contributed by atoms with Crippen molar-refractivity contribution in [2.24, 2.45) is 0 Å². The predicted molar refractivity (Wildman–Crippen MR) is 72.5 cm³/mol. The molecule has 0 aliphatic carbocycles. The van der Waals surface area contributed by atoms with Gasteiger partial charge in [0.05, 0.1) is 16.4 Å². The molecule has 1 unspecified atom stereocenters. The van der Waals surface area contributed by atoms with Gasteiger partial charge in [0, 0.05) is 17.2 Å². The number of nitrogens with zero attached hydrogens (tertiary/aromatic N) is 1. The van der Waals surface area contributed by atoms with Crippen molar-refractivity contribution in [3.05, 3.63) is 29.8 Å². The molecule has 0 fully saturated rings. The molecule has 1 aromatic rings. The highest BCUT2D eigenvalue weighted by Gasteiger charge is 2.09. The zero-order chi connectivity index (χ0) is 13.5. The topological polar surface area (TPSA) is 57.6 Å². The van der Waals surface area contributed by atoms with E-state index >= 15 is 0 Å². The summed E-state index contributed by atoms with van der Waals surface area (Å²) in [5, 5.41) is 8.88. The Labute approximate surface area is 110 Å². The molecular formula is C13H19NO3S. The molecule has 0 heterocycles. The maximum atomic E-state index is 12.0. The highest BCUT2D eigenvalue weighted by Crippen LogP contribution is 2.10. The second kappa shape index (κ2) is 7.28. The minimum atomic E-state index is -1.14. The van der Waals surface area contributed by atoms with Crippen LogP contribution in [0.3, 0.4) is 0 Å². The summed E-state index contributed by atoms with van der Waals surface area (Å²) in [7, 11) is -1.14. The lowest BCUT2D eigenvalue weighted by Crippen LogP contribution is -2.27. The molecular weight excluding hydrogens is 250 g/mol. The standard InChI is InChI=1S/C13H19NO3S/c1-3-14(4-2)8-9-18(17)12-7-5-6-11(10-12)13(15)16/h5-7,10H,3-4,8-9H2,1-2H3,(H,15,16). The summed E-state index contributed by atoms with van der Waals surface area (Å²) in [6, 6.07) is 6.34. The smallest absolute Gasteiger partial charge is 0.335 e. The van der Waals surface area contributed by atoms with Gasteiger partial charge in [-0.1, -0.05) is 19.9 Å². The lowest BCUT2D eigenvalue weighted by atomic mass is 10.2. The van der Waals surface area contributed by atoms with Crippen molar-refractivity contribution in [1.82, 2.24) is 4.90 Å². The van der Waals surface area contributed by atoms with Crippen LogP contribution in [0.1, 0.15) is 24.2 Å². The van der Waals surface area contributed by atoms with E-state index in [2.05, 4.69) is 18.7 Å². The number of aromatic carboxylic acids is 1. The van der Waals surface area contributed by atoms with E-state index in [0.29, 0.717) is 10.6 Å². The molecule has 100 valence electrons. The number of carbonyl (C=O) groups is 1. The minimum Gasteiger partial charge on any atom is -0.478 e. The molecule has 4 nitrogen and oxygen atoms in total. The highest BCUT2D eigenvalue weighted by atomic mass is 32.2. The first-order chi connectivity index (χ1) is 8.58. The summed E-state index contributed by atoms with van der Waals surface area (Å²) in [5.41, 5.74) is 0.184. The molecule has 0 bridgehead atoms. The lowest BCUT2D eigenvalue weighted by Gasteiger charge is -2.17. The Morgan fingerprint density at radius 3 is 2.56 bits per heavy atom. The van der Waals surface area contributed by atoms with Gasteiger partial charge in [0.15, 0.2) is 0 Å². The molecule has 1 rings (SSSR count). The van der Waals surface area contributed by atoms with E-state index in [4.69, 9.17) is 5.11 Å². The van der Waals surface area contributed by atoms with Crippen molar-refractivity contribution in [2.75, 3.05) is 25.4 Å². The molecule has 1 N–H and O–H groups in total. The predicted octanol–water partition coefficient (Wildman–Crippen LogP) is 1.83. The van der Waals surface area contributed by atoms with Crippen molar-refractivity contribution < 1.29 is 14.1 Å². The van der Waals surface area contributed by atoms with Crippen LogP contribution < -0.4 is 0 Å². The molecule has 1 atom stereocenters. The Bertz CT molecular complexity index is 430. The zero-order valence-electron chi connectivity index (χ0n) is 10.8. The van der Waals surface area contributed by atoms with Gasteiger partial charge < -0.3 is 10.0 Å². The maximum Gasteiger partial charge on any atom is 0.335 e. The van der Waals surface area contributed by atoms with Crippen LogP contribution >= 0.6 is 0 Å². The zero-order valence-corrected chi connectivity index (χ0v) is 11.6. The molecule has 0 amide bonds. The first-order valence-electron chi connectivity index (χ1n) is 6.02. The van der Waals surface area contributed by atoms with Crippen LogP contribution in [0.15, 0.2) is 29.2 Å². The van der Waals surface area contributed by atoms with Crippen molar-refractivity contribution in [1.29, 1.82) is 0 Å². The second-order valence-electron chi connectivity index (χ2n) is 3.91. The number of carboxylic acids is 1.